The highest BCUT2D eigenvalue weighted by Gasteiger charge is 2.14. The van der Waals surface area contributed by atoms with Crippen LogP contribution < -0.4 is 10.6 Å². The van der Waals surface area contributed by atoms with Crippen molar-refractivity contribution in [1.29, 1.82) is 0 Å². The number of rotatable bonds is 2. The summed E-state index contributed by atoms with van der Waals surface area (Å²) >= 11 is 0. The lowest BCUT2D eigenvalue weighted by Crippen LogP contribution is -3.15. The summed E-state index contributed by atoms with van der Waals surface area (Å²) in [6.07, 6.45) is 0. The van der Waals surface area contributed by atoms with Crippen LogP contribution >= 0.6 is 0 Å². The first-order valence-corrected chi connectivity index (χ1v) is 3.48. The van der Waals surface area contributed by atoms with Gasteiger partial charge in [0.05, 0.1) is 13.2 Å². The molecule has 1 aliphatic heterocycles. The van der Waals surface area contributed by atoms with Crippen LogP contribution in [0.2, 0.25) is 0 Å². The number of hydrogen-bond acceptors (Lipinski definition) is 2. The number of primary amides is 1. The monoisotopic (exact) mass is 145 g/mol. The van der Waals surface area contributed by atoms with Crippen LogP contribution in [-0.2, 0) is 9.53 Å². The third kappa shape index (κ3) is 2.33. The van der Waals surface area contributed by atoms with Crippen molar-refractivity contribution < 1.29 is 14.4 Å². The third-order valence-corrected chi connectivity index (χ3v) is 1.62. The molecule has 10 heavy (non-hydrogen) atoms. The van der Waals surface area contributed by atoms with Crippen LogP contribution in [-0.4, -0.2) is 38.8 Å². The normalized spacial score (nSPS) is 20.8. The summed E-state index contributed by atoms with van der Waals surface area (Å²) in [7, 11) is 0. The second-order valence-electron chi connectivity index (χ2n) is 2.51. The number of nitrogens with two attached hydrogens (primary N) is 1. The third-order valence-electron chi connectivity index (χ3n) is 1.62. The molecule has 1 rings (SSSR count). The molecule has 0 bridgehead atoms. The summed E-state index contributed by atoms with van der Waals surface area (Å²) in [4.78, 5) is 11.7. The van der Waals surface area contributed by atoms with Crippen LogP contribution in [0.1, 0.15) is 0 Å². The molecular formula is C6H13N2O2+. The first kappa shape index (κ1) is 7.50. The summed E-state index contributed by atoms with van der Waals surface area (Å²) in [6, 6.07) is 0. The van der Waals surface area contributed by atoms with E-state index < -0.39 is 0 Å². The van der Waals surface area contributed by atoms with Crippen LogP contribution in [0.4, 0.5) is 0 Å². The fraction of sp³-hybridized carbons (Fsp3) is 0.833. The van der Waals surface area contributed by atoms with Crippen molar-refractivity contribution in [3.8, 4) is 0 Å². The lowest BCUT2D eigenvalue weighted by molar-refractivity contribution is -0.900. The van der Waals surface area contributed by atoms with Gasteiger partial charge in [-0.05, 0) is 0 Å². The Morgan fingerprint density at radius 3 is 2.60 bits per heavy atom. The van der Waals surface area contributed by atoms with Crippen LogP contribution in [0, 0.1) is 0 Å². The Balaban J connectivity index is 2.19. The molecule has 0 aromatic heterocycles. The zero-order valence-corrected chi connectivity index (χ0v) is 5.93. The van der Waals surface area contributed by atoms with Gasteiger partial charge in [0, 0.05) is 0 Å². The predicted octanol–water partition coefficient (Wildman–Crippen LogP) is -2.61. The Kier molecular flexibility index (Phi) is 2.65. The summed E-state index contributed by atoms with van der Waals surface area (Å²) in [5, 5.41) is 0. The highest BCUT2D eigenvalue weighted by atomic mass is 16.5. The zero-order valence-electron chi connectivity index (χ0n) is 5.93. The van der Waals surface area contributed by atoms with Gasteiger partial charge in [-0.3, -0.25) is 4.79 Å². The number of hydrogen-bond donors (Lipinski definition) is 2. The molecule has 1 heterocycles. The maximum absolute atomic E-state index is 10.4. The van der Waals surface area contributed by atoms with Crippen molar-refractivity contribution in [2.75, 3.05) is 32.8 Å². The van der Waals surface area contributed by atoms with E-state index in [1.807, 2.05) is 0 Å². The van der Waals surface area contributed by atoms with Gasteiger partial charge in [0.1, 0.15) is 13.1 Å². The number of carbonyl (C=O) groups is 1. The number of morpholine rings is 1. The van der Waals surface area contributed by atoms with Gasteiger partial charge in [0.2, 0.25) is 0 Å². The standard InChI is InChI=1S/C6H12N2O2/c7-6(9)5-8-1-3-10-4-2-8/h1-5H2,(H2,7,9)/p+1. The molecule has 0 aromatic rings. The topological polar surface area (TPSA) is 56.8 Å². The Hall–Kier alpha value is -0.610. The van der Waals surface area contributed by atoms with Gasteiger partial charge in [-0.15, -0.1) is 0 Å². The van der Waals surface area contributed by atoms with Gasteiger partial charge in [-0.1, -0.05) is 0 Å². The van der Waals surface area contributed by atoms with Gasteiger partial charge in [0.25, 0.3) is 5.91 Å². The van der Waals surface area contributed by atoms with Crippen molar-refractivity contribution in [1.82, 2.24) is 0 Å². The minimum atomic E-state index is -0.225. The second-order valence-corrected chi connectivity index (χ2v) is 2.51. The molecule has 4 nitrogen and oxygen atoms in total. The van der Waals surface area contributed by atoms with Gasteiger partial charge in [0.15, 0.2) is 6.54 Å². The van der Waals surface area contributed by atoms with Crippen molar-refractivity contribution in [2.45, 2.75) is 0 Å². The average molecular weight is 145 g/mol. The zero-order chi connectivity index (χ0) is 7.40. The van der Waals surface area contributed by atoms with Crippen LogP contribution in [0.25, 0.3) is 0 Å². The van der Waals surface area contributed by atoms with Gasteiger partial charge in [-0.25, -0.2) is 0 Å². The van der Waals surface area contributed by atoms with Gasteiger partial charge in [-0.2, -0.15) is 0 Å². The molecule has 3 N–H and O–H groups in total. The van der Waals surface area contributed by atoms with Crippen molar-refractivity contribution in [3.63, 3.8) is 0 Å². The first-order valence-electron chi connectivity index (χ1n) is 3.48. The van der Waals surface area contributed by atoms with E-state index >= 15 is 0 Å². The summed E-state index contributed by atoms with van der Waals surface area (Å²) < 4.78 is 5.11. The Labute approximate surface area is 59.9 Å². The van der Waals surface area contributed by atoms with Crippen molar-refractivity contribution in [2.24, 2.45) is 5.73 Å². The average Bonchev–Trinajstić information content (AvgIpc) is 1.88. The molecule has 0 radical (unpaired) electrons. The van der Waals surface area contributed by atoms with E-state index in [4.69, 9.17) is 10.5 Å². The molecule has 0 spiro atoms. The first-order chi connectivity index (χ1) is 4.79. The Bertz CT molecular complexity index is 121. The van der Waals surface area contributed by atoms with Gasteiger partial charge < -0.3 is 15.4 Å². The number of ether oxygens (including phenoxy) is 1. The van der Waals surface area contributed by atoms with Crippen LogP contribution in [0.3, 0.4) is 0 Å². The van der Waals surface area contributed by atoms with E-state index in [0.29, 0.717) is 6.54 Å². The molecule has 0 aliphatic carbocycles. The molecule has 1 amide bonds. The highest BCUT2D eigenvalue weighted by Crippen LogP contribution is 1.73. The minimum Gasteiger partial charge on any atom is -0.370 e. The van der Waals surface area contributed by atoms with E-state index in [1.165, 1.54) is 4.90 Å². The highest BCUT2D eigenvalue weighted by molar-refractivity contribution is 5.74. The van der Waals surface area contributed by atoms with E-state index in [2.05, 4.69) is 0 Å². The fourth-order valence-corrected chi connectivity index (χ4v) is 1.08. The maximum atomic E-state index is 10.4. The van der Waals surface area contributed by atoms with Crippen LogP contribution in [0.5, 0.6) is 0 Å². The minimum absolute atomic E-state index is 0.225. The van der Waals surface area contributed by atoms with E-state index in [9.17, 15) is 4.79 Å². The van der Waals surface area contributed by atoms with Crippen molar-refractivity contribution in [3.05, 3.63) is 0 Å². The molecule has 1 saturated heterocycles. The summed E-state index contributed by atoms with van der Waals surface area (Å²) in [5.41, 5.74) is 5.02. The number of quaternary nitrogens is 1. The molecule has 0 atom stereocenters. The lowest BCUT2D eigenvalue weighted by atomic mass is 10.4. The second kappa shape index (κ2) is 3.53. The molecule has 1 fully saturated rings. The quantitative estimate of drug-likeness (QED) is 0.447. The maximum Gasteiger partial charge on any atom is 0.272 e. The smallest absolute Gasteiger partial charge is 0.272 e. The SMILES string of the molecule is NC(=O)C[NH+]1CCOCC1. The number of carbonyl (C=O) groups excluding carboxylic acids is 1. The van der Waals surface area contributed by atoms with E-state index in [0.717, 1.165) is 26.3 Å². The molecule has 0 unspecified atom stereocenters. The lowest BCUT2D eigenvalue weighted by Gasteiger charge is -2.21. The summed E-state index contributed by atoms with van der Waals surface area (Å²) in [6.45, 7) is 3.76. The number of amides is 1. The van der Waals surface area contributed by atoms with Crippen molar-refractivity contribution >= 4 is 5.91 Å². The fourth-order valence-electron chi connectivity index (χ4n) is 1.08. The number of nitrogens with one attached hydrogen (secondary N) is 1. The molecule has 1 aliphatic rings. The van der Waals surface area contributed by atoms with Gasteiger partial charge >= 0.3 is 0 Å². The van der Waals surface area contributed by atoms with Crippen LogP contribution in [0.15, 0.2) is 0 Å². The molecular weight excluding hydrogens is 132 g/mol. The molecule has 4 heteroatoms. The van der Waals surface area contributed by atoms with E-state index in [1.54, 1.807) is 0 Å². The van der Waals surface area contributed by atoms with E-state index in [-0.39, 0.29) is 5.91 Å². The molecule has 58 valence electrons. The predicted molar refractivity (Wildman–Crippen MR) is 35.6 cm³/mol. The summed E-state index contributed by atoms with van der Waals surface area (Å²) in [5.74, 6) is -0.225. The Morgan fingerprint density at radius 2 is 2.10 bits per heavy atom. The molecule has 0 aromatic carbocycles. The molecule has 0 saturated carbocycles. The Morgan fingerprint density at radius 1 is 1.50 bits per heavy atom. The largest absolute Gasteiger partial charge is 0.370 e.